The van der Waals surface area contributed by atoms with Gasteiger partial charge >= 0.3 is 23.9 Å². The van der Waals surface area contributed by atoms with E-state index in [2.05, 4.69) is 0 Å². The summed E-state index contributed by atoms with van der Waals surface area (Å²) >= 11 is 0. The Kier molecular flexibility index (Phi) is 7.29. The van der Waals surface area contributed by atoms with Crippen LogP contribution in [0.2, 0.25) is 0 Å². The second-order valence-corrected chi connectivity index (χ2v) is 10.2. The zero-order chi connectivity index (χ0) is 29.5. The van der Waals surface area contributed by atoms with Gasteiger partial charge in [0.2, 0.25) is 0 Å². The molecule has 2 atom stereocenters. The molecule has 0 spiro atoms. The molecule has 0 fully saturated rings. The molecule has 3 aromatic carbocycles. The maximum absolute atomic E-state index is 13.9. The molecular weight excluding hydrogens is 526 g/mol. The van der Waals surface area contributed by atoms with Gasteiger partial charge in [0.15, 0.2) is 11.3 Å². The van der Waals surface area contributed by atoms with Crippen molar-refractivity contribution in [2.24, 2.45) is 18.4 Å². The van der Waals surface area contributed by atoms with Crippen molar-refractivity contribution in [2.45, 2.75) is 18.3 Å². The number of para-hydroxylation sites is 1. The lowest BCUT2D eigenvalue weighted by Crippen LogP contribution is -2.55. The fraction of sp³-hybridized carbons (Fsp3) is 0.312. The summed E-state index contributed by atoms with van der Waals surface area (Å²) in [5.74, 6) is -7.26. The number of rotatable bonds is 6. The number of hydrogen-bond acceptors (Lipinski definition) is 8. The summed E-state index contributed by atoms with van der Waals surface area (Å²) in [5, 5.41) is 2.88. The van der Waals surface area contributed by atoms with Crippen molar-refractivity contribution in [3.05, 3.63) is 83.6 Å². The summed E-state index contributed by atoms with van der Waals surface area (Å²) in [6.07, 6.45) is -0.124. The van der Waals surface area contributed by atoms with Crippen LogP contribution in [0.1, 0.15) is 35.1 Å². The molecule has 1 aromatic heterocycles. The number of aryl methyl sites for hydroxylation is 1. The largest absolute Gasteiger partial charge is 0.468 e. The summed E-state index contributed by atoms with van der Waals surface area (Å²) < 4.78 is 22.4. The first-order chi connectivity index (χ1) is 19.7. The average molecular weight is 558 g/mol. The van der Waals surface area contributed by atoms with E-state index in [9.17, 15) is 19.2 Å². The van der Waals surface area contributed by atoms with Gasteiger partial charge in [0.1, 0.15) is 0 Å². The Morgan fingerprint density at radius 2 is 1.37 bits per heavy atom. The minimum atomic E-state index is -2.10. The molecule has 1 heterocycles. The van der Waals surface area contributed by atoms with Crippen LogP contribution in [0.15, 0.2) is 66.7 Å². The molecule has 41 heavy (non-hydrogen) atoms. The van der Waals surface area contributed by atoms with Gasteiger partial charge in [-0.1, -0.05) is 60.7 Å². The molecule has 0 bridgehead atoms. The predicted octanol–water partition coefficient (Wildman–Crippen LogP) is 4.25. The molecular formula is C32H31NO8. The Hall–Kier alpha value is -4.66. The summed E-state index contributed by atoms with van der Waals surface area (Å²) in [7, 11) is 6.38. The number of aromatic nitrogens is 1. The maximum atomic E-state index is 13.9. The quantitative estimate of drug-likeness (QED) is 0.197. The molecule has 0 saturated heterocycles. The molecule has 4 aromatic rings. The Bertz CT molecular complexity index is 1650. The number of esters is 4. The third kappa shape index (κ3) is 4.15. The van der Waals surface area contributed by atoms with Gasteiger partial charge in [-0.25, -0.2) is 0 Å². The molecule has 0 radical (unpaired) electrons. The first kappa shape index (κ1) is 27.9. The zero-order valence-corrected chi connectivity index (χ0v) is 23.5. The van der Waals surface area contributed by atoms with E-state index >= 15 is 0 Å². The third-order valence-electron chi connectivity index (χ3n) is 8.41. The molecule has 0 aliphatic heterocycles. The van der Waals surface area contributed by atoms with Crippen molar-refractivity contribution in [3.63, 3.8) is 0 Å². The second kappa shape index (κ2) is 10.7. The highest BCUT2D eigenvalue weighted by molar-refractivity contribution is 6.06. The van der Waals surface area contributed by atoms with Gasteiger partial charge in [0.25, 0.3) is 0 Å². The van der Waals surface area contributed by atoms with Gasteiger partial charge in [0.05, 0.1) is 34.4 Å². The van der Waals surface area contributed by atoms with Crippen LogP contribution in [0.4, 0.5) is 0 Å². The molecule has 212 valence electrons. The maximum Gasteiger partial charge on any atom is 0.323 e. The minimum absolute atomic E-state index is 0.124. The van der Waals surface area contributed by atoms with Gasteiger partial charge in [0, 0.05) is 29.6 Å². The van der Waals surface area contributed by atoms with Crippen LogP contribution in [0.5, 0.6) is 0 Å². The smallest absolute Gasteiger partial charge is 0.323 e. The molecule has 9 nitrogen and oxygen atoms in total. The fourth-order valence-corrected chi connectivity index (χ4v) is 6.61. The average Bonchev–Trinajstić information content (AvgIpc) is 3.31. The normalized spacial score (nSPS) is 17.6. The molecule has 0 saturated carbocycles. The fourth-order valence-electron chi connectivity index (χ4n) is 6.61. The van der Waals surface area contributed by atoms with Crippen molar-refractivity contribution in [3.8, 4) is 0 Å². The van der Waals surface area contributed by atoms with Crippen LogP contribution in [-0.2, 0) is 45.2 Å². The lowest BCUT2D eigenvalue weighted by Gasteiger charge is -2.44. The van der Waals surface area contributed by atoms with E-state index in [-0.39, 0.29) is 6.42 Å². The Morgan fingerprint density at radius 1 is 0.780 bits per heavy atom. The van der Waals surface area contributed by atoms with E-state index in [0.29, 0.717) is 5.69 Å². The van der Waals surface area contributed by atoms with Crippen LogP contribution >= 0.6 is 0 Å². The first-order valence-corrected chi connectivity index (χ1v) is 13.1. The van der Waals surface area contributed by atoms with Gasteiger partial charge in [-0.2, -0.15) is 0 Å². The summed E-state index contributed by atoms with van der Waals surface area (Å²) in [6.45, 7) is 0. The molecule has 0 N–H and O–H groups in total. The van der Waals surface area contributed by atoms with Crippen molar-refractivity contribution in [1.29, 1.82) is 0 Å². The van der Waals surface area contributed by atoms with E-state index in [0.717, 1.165) is 61.2 Å². The lowest BCUT2D eigenvalue weighted by molar-refractivity contribution is -0.178. The Morgan fingerprint density at radius 3 is 1.98 bits per heavy atom. The number of ether oxygens (including phenoxy) is 4. The Labute approximate surface area is 236 Å². The second-order valence-electron chi connectivity index (χ2n) is 10.2. The highest BCUT2D eigenvalue weighted by Gasteiger charge is 2.65. The van der Waals surface area contributed by atoms with E-state index in [1.807, 2.05) is 71.3 Å². The lowest BCUT2D eigenvalue weighted by atomic mass is 9.57. The number of carbonyl (C=O) groups is 4. The standard InChI is InChI=1S/C32H31NO8/c1-33-23-13-9-8-12-21(23)24-22(20-15-14-18-10-6-7-11-19(18)16-20)17-32(30(36)40-4,31(37)41-5)26(27(24)33)25(28(34)38-2)29(35)39-3/h6-16,22,25-26H,17H2,1-5H3/t22-,26+/m1/s1. The van der Waals surface area contributed by atoms with Gasteiger partial charge in [-0.15, -0.1) is 0 Å². The number of benzene rings is 3. The van der Waals surface area contributed by atoms with Crippen molar-refractivity contribution in [2.75, 3.05) is 28.4 Å². The van der Waals surface area contributed by atoms with Crippen LogP contribution in [0, 0.1) is 11.3 Å². The van der Waals surface area contributed by atoms with Gasteiger partial charge in [-0.3, -0.25) is 19.2 Å². The van der Waals surface area contributed by atoms with Crippen molar-refractivity contribution >= 4 is 45.6 Å². The molecule has 5 rings (SSSR count). The van der Waals surface area contributed by atoms with E-state index in [4.69, 9.17) is 18.9 Å². The minimum Gasteiger partial charge on any atom is -0.468 e. The monoisotopic (exact) mass is 557 g/mol. The Balaban J connectivity index is 1.94. The topological polar surface area (TPSA) is 110 Å². The predicted molar refractivity (Wildman–Crippen MR) is 150 cm³/mol. The number of fused-ring (bicyclic) bond motifs is 4. The first-order valence-electron chi connectivity index (χ1n) is 13.1. The number of carbonyl (C=O) groups excluding carboxylic acids is 4. The zero-order valence-electron chi connectivity index (χ0n) is 23.5. The molecule has 1 aliphatic carbocycles. The van der Waals surface area contributed by atoms with Crippen LogP contribution in [0.3, 0.4) is 0 Å². The summed E-state index contributed by atoms with van der Waals surface area (Å²) in [6, 6.07) is 21.5. The molecule has 0 unspecified atom stereocenters. The van der Waals surface area contributed by atoms with Crippen LogP contribution in [-0.4, -0.2) is 56.9 Å². The molecule has 1 aliphatic rings. The number of hydrogen-bond donors (Lipinski definition) is 0. The van der Waals surface area contributed by atoms with Gasteiger partial charge in [-0.05, 0) is 34.4 Å². The molecule has 9 heteroatoms. The van der Waals surface area contributed by atoms with Crippen LogP contribution < -0.4 is 0 Å². The van der Waals surface area contributed by atoms with Crippen molar-refractivity contribution in [1.82, 2.24) is 4.57 Å². The van der Waals surface area contributed by atoms with E-state index in [1.165, 1.54) is 0 Å². The van der Waals surface area contributed by atoms with Gasteiger partial charge < -0.3 is 23.5 Å². The highest BCUT2D eigenvalue weighted by atomic mass is 16.6. The SMILES string of the molecule is COC(=O)C(C(=O)OC)[C@H]1c2c(c3ccccc3n2C)[C@@H](c2ccc3ccccc3c2)CC1(C(=O)OC)C(=O)OC. The third-order valence-corrected chi connectivity index (χ3v) is 8.41. The number of nitrogens with zero attached hydrogens (tertiary/aromatic N) is 1. The summed E-state index contributed by atoms with van der Waals surface area (Å²) in [4.78, 5) is 54.5. The number of methoxy groups -OCH3 is 4. The molecule has 0 amide bonds. The van der Waals surface area contributed by atoms with E-state index in [1.54, 1.807) is 7.05 Å². The van der Waals surface area contributed by atoms with Crippen molar-refractivity contribution < 1.29 is 38.1 Å². The van der Waals surface area contributed by atoms with Crippen LogP contribution in [0.25, 0.3) is 21.7 Å². The summed E-state index contributed by atoms with van der Waals surface area (Å²) in [5.41, 5.74) is 0.802. The highest BCUT2D eigenvalue weighted by Crippen LogP contribution is 2.59. The van der Waals surface area contributed by atoms with E-state index < -0.39 is 47.0 Å².